The van der Waals surface area contributed by atoms with Gasteiger partial charge in [0.15, 0.2) is 0 Å². The Hall–Kier alpha value is -1.55. The average molecular weight is 309 g/mol. The van der Waals surface area contributed by atoms with Gasteiger partial charge in [0.25, 0.3) is 0 Å². The SMILES string of the molecule is CC(C)(C)NC(=O)C1(C(=O)NCc2ccc(Cl)cc2)CC1. The summed E-state index contributed by atoms with van der Waals surface area (Å²) in [6.07, 6.45) is 1.22. The minimum absolute atomic E-state index is 0.177. The third-order valence-corrected chi connectivity index (χ3v) is 3.73. The molecule has 1 fully saturated rings. The monoisotopic (exact) mass is 308 g/mol. The normalized spacial score (nSPS) is 16.2. The summed E-state index contributed by atoms with van der Waals surface area (Å²) in [5.74, 6) is -0.372. The van der Waals surface area contributed by atoms with E-state index >= 15 is 0 Å². The first-order chi connectivity index (χ1) is 9.73. The summed E-state index contributed by atoms with van der Waals surface area (Å²) >= 11 is 5.82. The van der Waals surface area contributed by atoms with Gasteiger partial charge in [0.1, 0.15) is 5.41 Å². The minimum Gasteiger partial charge on any atom is -0.351 e. The van der Waals surface area contributed by atoms with Gasteiger partial charge in [-0.1, -0.05) is 23.7 Å². The quantitative estimate of drug-likeness (QED) is 0.840. The number of carbonyl (C=O) groups excluding carboxylic acids is 2. The maximum absolute atomic E-state index is 12.3. The molecular weight excluding hydrogens is 288 g/mol. The fraction of sp³-hybridized carbons (Fsp3) is 0.500. The Bertz CT molecular complexity index is 542. The molecule has 0 spiro atoms. The van der Waals surface area contributed by atoms with E-state index in [0.717, 1.165) is 5.56 Å². The standard InChI is InChI=1S/C16H21ClN2O2/c1-15(2,3)19-14(21)16(8-9-16)13(20)18-10-11-4-6-12(17)7-5-11/h4-7H,8-10H2,1-3H3,(H,18,20)(H,19,21). The van der Waals surface area contributed by atoms with Crippen molar-refractivity contribution >= 4 is 23.4 Å². The molecule has 2 N–H and O–H groups in total. The second-order valence-corrected chi connectivity index (χ2v) is 7.03. The molecule has 0 aromatic heterocycles. The van der Waals surface area contributed by atoms with Crippen LogP contribution < -0.4 is 10.6 Å². The average Bonchev–Trinajstić information content (AvgIpc) is 3.17. The highest BCUT2D eigenvalue weighted by Crippen LogP contribution is 2.46. The van der Waals surface area contributed by atoms with Gasteiger partial charge < -0.3 is 10.6 Å². The van der Waals surface area contributed by atoms with Gasteiger partial charge in [-0.3, -0.25) is 9.59 Å². The molecule has 114 valence electrons. The lowest BCUT2D eigenvalue weighted by Crippen LogP contribution is -2.49. The first-order valence-corrected chi connectivity index (χ1v) is 7.46. The molecule has 0 aliphatic heterocycles. The summed E-state index contributed by atoms with van der Waals surface area (Å²) in [5, 5.41) is 6.40. The number of halogens is 1. The van der Waals surface area contributed by atoms with E-state index in [2.05, 4.69) is 10.6 Å². The maximum Gasteiger partial charge on any atom is 0.236 e. The van der Waals surface area contributed by atoms with E-state index in [1.165, 1.54) is 0 Å². The van der Waals surface area contributed by atoms with E-state index in [0.29, 0.717) is 24.4 Å². The molecule has 0 atom stereocenters. The van der Waals surface area contributed by atoms with Crippen molar-refractivity contribution in [2.75, 3.05) is 0 Å². The predicted octanol–water partition coefficient (Wildman–Crippen LogP) is 2.65. The molecule has 1 saturated carbocycles. The van der Waals surface area contributed by atoms with Crippen LogP contribution in [0.15, 0.2) is 24.3 Å². The van der Waals surface area contributed by atoms with Gasteiger partial charge in [0.05, 0.1) is 0 Å². The van der Waals surface area contributed by atoms with Gasteiger partial charge in [0.2, 0.25) is 11.8 Å². The molecule has 2 rings (SSSR count). The highest BCUT2D eigenvalue weighted by Gasteiger charge is 2.56. The molecule has 1 aromatic rings. The molecule has 2 amide bonds. The zero-order valence-electron chi connectivity index (χ0n) is 12.6. The Morgan fingerprint density at radius 1 is 1.14 bits per heavy atom. The molecule has 1 aliphatic rings. The second kappa shape index (κ2) is 5.68. The summed E-state index contributed by atoms with van der Waals surface area (Å²) in [7, 11) is 0. The molecule has 0 bridgehead atoms. The van der Waals surface area contributed by atoms with Crippen LogP contribution in [0.1, 0.15) is 39.2 Å². The topological polar surface area (TPSA) is 58.2 Å². The third kappa shape index (κ3) is 3.97. The van der Waals surface area contributed by atoms with Crippen LogP contribution in [-0.2, 0) is 16.1 Å². The van der Waals surface area contributed by atoms with Crippen molar-refractivity contribution in [3.8, 4) is 0 Å². The first-order valence-electron chi connectivity index (χ1n) is 7.08. The molecule has 4 nitrogen and oxygen atoms in total. The van der Waals surface area contributed by atoms with Crippen molar-refractivity contribution in [1.82, 2.24) is 10.6 Å². The van der Waals surface area contributed by atoms with Crippen molar-refractivity contribution in [2.24, 2.45) is 5.41 Å². The van der Waals surface area contributed by atoms with E-state index < -0.39 is 5.41 Å². The number of hydrogen-bond acceptors (Lipinski definition) is 2. The molecule has 1 aliphatic carbocycles. The first kappa shape index (κ1) is 15.8. The van der Waals surface area contributed by atoms with Crippen molar-refractivity contribution in [3.63, 3.8) is 0 Å². The Morgan fingerprint density at radius 3 is 2.19 bits per heavy atom. The highest BCUT2D eigenvalue weighted by molar-refractivity contribution is 6.30. The largest absolute Gasteiger partial charge is 0.351 e. The van der Waals surface area contributed by atoms with E-state index in [-0.39, 0.29) is 17.4 Å². The maximum atomic E-state index is 12.3. The molecule has 1 aromatic carbocycles. The Balaban J connectivity index is 1.93. The molecule has 0 radical (unpaired) electrons. The Kier molecular flexibility index (Phi) is 4.28. The van der Waals surface area contributed by atoms with E-state index in [4.69, 9.17) is 11.6 Å². The van der Waals surface area contributed by atoms with Crippen LogP contribution in [-0.4, -0.2) is 17.4 Å². The molecule has 0 saturated heterocycles. The number of carbonyl (C=O) groups is 2. The summed E-state index contributed by atoms with van der Waals surface area (Å²) < 4.78 is 0. The van der Waals surface area contributed by atoms with Gasteiger partial charge in [-0.25, -0.2) is 0 Å². The molecule has 0 heterocycles. The van der Waals surface area contributed by atoms with Gasteiger partial charge in [0, 0.05) is 17.1 Å². The van der Waals surface area contributed by atoms with Crippen molar-refractivity contribution in [2.45, 2.75) is 45.7 Å². The third-order valence-electron chi connectivity index (χ3n) is 3.47. The second-order valence-electron chi connectivity index (χ2n) is 6.60. The van der Waals surface area contributed by atoms with Crippen LogP contribution in [0.5, 0.6) is 0 Å². The lowest BCUT2D eigenvalue weighted by atomic mass is 10.0. The van der Waals surface area contributed by atoms with Crippen molar-refractivity contribution in [1.29, 1.82) is 0 Å². The van der Waals surface area contributed by atoms with Gasteiger partial charge in [-0.05, 0) is 51.3 Å². The van der Waals surface area contributed by atoms with E-state index in [1.807, 2.05) is 32.9 Å². The molecule has 0 unspecified atom stereocenters. The van der Waals surface area contributed by atoms with Crippen molar-refractivity contribution in [3.05, 3.63) is 34.9 Å². The number of benzene rings is 1. The zero-order chi connectivity index (χ0) is 15.7. The smallest absolute Gasteiger partial charge is 0.236 e. The fourth-order valence-electron chi connectivity index (χ4n) is 2.10. The minimum atomic E-state index is -0.875. The van der Waals surface area contributed by atoms with Crippen molar-refractivity contribution < 1.29 is 9.59 Å². The number of nitrogens with one attached hydrogen (secondary N) is 2. The number of hydrogen-bond donors (Lipinski definition) is 2. The summed E-state index contributed by atoms with van der Waals surface area (Å²) in [6, 6.07) is 7.28. The van der Waals surface area contributed by atoms with Crippen LogP contribution in [0.25, 0.3) is 0 Å². The highest BCUT2D eigenvalue weighted by atomic mass is 35.5. The number of rotatable bonds is 4. The zero-order valence-corrected chi connectivity index (χ0v) is 13.4. The fourth-order valence-corrected chi connectivity index (χ4v) is 2.22. The number of amides is 2. The summed E-state index contributed by atoms with van der Waals surface area (Å²) in [4.78, 5) is 24.5. The van der Waals surface area contributed by atoms with Crippen LogP contribution >= 0.6 is 11.6 Å². The van der Waals surface area contributed by atoms with E-state index in [9.17, 15) is 9.59 Å². The lowest BCUT2D eigenvalue weighted by Gasteiger charge is -2.24. The predicted molar refractivity (Wildman–Crippen MR) is 82.9 cm³/mol. The van der Waals surface area contributed by atoms with Crippen LogP contribution in [0.3, 0.4) is 0 Å². The van der Waals surface area contributed by atoms with Gasteiger partial charge in [-0.15, -0.1) is 0 Å². The Labute approximate surface area is 130 Å². The van der Waals surface area contributed by atoms with Crippen LogP contribution in [0.4, 0.5) is 0 Å². The Morgan fingerprint density at radius 2 is 1.71 bits per heavy atom. The lowest BCUT2D eigenvalue weighted by molar-refractivity contribution is -0.138. The summed E-state index contributed by atoms with van der Waals surface area (Å²) in [6.45, 7) is 6.13. The van der Waals surface area contributed by atoms with Crippen LogP contribution in [0.2, 0.25) is 5.02 Å². The molecule has 5 heteroatoms. The summed E-state index contributed by atoms with van der Waals surface area (Å²) in [5.41, 5.74) is -0.247. The van der Waals surface area contributed by atoms with Gasteiger partial charge >= 0.3 is 0 Å². The molecular formula is C16H21ClN2O2. The van der Waals surface area contributed by atoms with E-state index in [1.54, 1.807) is 12.1 Å². The molecule has 21 heavy (non-hydrogen) atoms. The van der Waals surface area contributed by atoms with Crippen LogP contribution in [0, 0.1) is 5.41 Å². The van der Waals surface area contributed by atoms with Gasteiger partial charge in [-0.2, -0.15) is 0 Å².